The van der Waals surface area contributed by atoms with Gasteiger partial charge in [0.25, 0.3) is 0 Å². The quantitative estimate of drug-likeness (QED) is 0.847. The Morgan fingerprint density at radius 1 is 1.05 bits per heavy atom. The van der Waals surface area contributed by atoms with Gasteiger partial charge >= 0.3 is 0 Å². The largest absolute Gasteiger partial charge is 0.340 e. The van der Waals surface area contributed by atoms with Gasteiger partial charge in [0.2, 0.25) is 11.8 Å². The van der Waals surface area contributed by atoms with Crippen LogP contribution in [0.2, 0.25) is 0 Å². The molecule has 4 nitrogen and oxygen atoms in total. The minimum absolute atomic E-state index is 0.0742. The molecule has 2 amide bonds. The topological polar surface area (TPSA) is 49.4 Å². The summed E-state index contributed by atoms with van der Waals surface area (Å²) in [6.07, 6.45) is 8.28. The normalized spacial score (nSPS) is 24.2. The molecule has 0 aromatic rings. The van der Waals surface area contributed by atoms with E-state index in [0.717, 1.165) is 38.5 Å². The summed E-state index contributed by atoms with van der Waals surface area (Å²) in [6, 6.07) is 0. The molecular formula is C17H30N2O2. The van der Waals surface area contributed by atoms with Crippen molar-refractivity contribution < 1.29 is 9.59 Å². The minimum Gasteiger partial charge on any atom is -0.340 e. The van der Waals surface area contributed by atoms with Gasteiger partial charge in [0, 0.05) is 6.54 Å². The van der Waals surface area contributed by atoms with Gasteiger partial charge in [-0.3, -0.25) is 9.59 Å². The van der Waals surface area contributed by atoms with E-state index in [1.54, 1.807) is 0 Å². The second kappa shape index (κ2) is 6.37. The average Bonchev–Trinajstić information content (AvgIpc) is 2.51. The first-order chi connectivity index (χ1) is 10.1. The second-order valence-corrected chi connectivity index (χ2v) is 6.65. The van der Waals surface area contributed by atoms with Gasteiger partial charge in [-0.25, -0.2) is 0 Å². The van der Waals surface area contributed by atoms with Crippen LogP contribution in [0.4, 0.5) is 0 Å². The number of nitrogens with one attached hydrogen (secondary N) is 1. The Morgan fingerprint density at radius 3 is 2.19 bits per heavy atom. The summed E-state index contributed by atoms with van der Waals surface area (Å²) in [5, 5.41) is 3.15. The fraction of sp³-hybridized carbons (Fsp3) is 0.882. The van der Waals surface area contributed by atoms with Gasteiger partial charge in [0.1, 0.15) is 11.1 Å². The van der Waals surface area contributed by atoms with E-state index in [-0.39, 0.29) is 11.8 Å². The fourth-order valence-corrected chi connectivity index (χ4v) is 4.04. The van der Waals surface area contributed by atoms with E-state index in [1.165, 1.54) is 6.42 Å². The van der Waals surface area contributed by atoms with Crippen LogP contribution in [0.3, 0.4) is 0 Å². The van der Waals surface area contributed by atoms with Crippen molar-refractivity contribution in [3.63, 3.8) is 0 Å². The summed E-state index contributed by atoms with van der Waals surface area (Å²) in [5.74, 6) is 0.254. The highest BCUT2D eigenvalue weighted by Crippen LogP contribution is 2.38. The molecule has 0 aromatic heterocycles. The molecule has 2 rings (SSSR count). The molecular weight excluding hydrogens is 264 g/mol. The van der Waals surface area contributed by atoms with Crippen molar-refractivity contribution in [3.05, 3.63) is 0 Å². The van der Waals surface area contributed by atoms with E-state index in [2.05, 4.69) is 12.2 Å². The molecule has 1 saturated carbocycles. The third-order valence-electron chi connectivity index (χ3n) is 5.56. The number of hydrogen-bond acceptors (Lipinski definition) is 2. The molecule has 4 heteroatoms. The predicted molar refractivity (Wildman–Crippen MR) is 83.9 cm³/mol. The van der Waals surface area contributed by atoms with Gasteiger partial charge in [-0.15, -0.1) is 0 Å². The lowest BCUT2D eigenvalue weighted by molar-refractivity contribution is -0.165. The lowest BCUT2D eigenvalue weighted by Crippen LogP contribution is -2.75. The molecule has 120 valence electrons. The van der Waals surface area contributed by atoms with Crippen molar-refractivity contribution in [2.45, 2.75) is 89.6 Å². The van der Waals surface area contributed by atoms with E-state index < -0.39 is 11.1 Å². The van der Waals surface area contributed by atoms with Crippen LogP contribution < -0.4 is 5.32 Å². The van der Waals surface area contributed by atoms with Crippen LogP contribution in [-0.2, 0) is 9.59 Å². The number of nitrogens with zero attached hydrogens (tertiary/aromatic N) is 1. The number of carbonyl (C=O) groups is 2. The van der Waals surface area contributed by atoms with Gasteiger partial charge in [0.05, 0.1) is 0 Å². The van der Waals surface area contributed by atoms with E-state index in [9.17, 15) is 9.59 Å². The third-order valence-corrected chi connectivity index (χ3v) is 5.56. The molecule has 21 heavy (non-hydrogen) atoms. The number of hydrogen-bond donors (Lipinski definition) is 1. The summed E-state index contributed by atoms with van der Waals surface area (Å²) in [6.45, 7) is 6.89. The fourth-order valence-electron chi connectivity index (χ4n) is 4.04. The first-order valence-electron chi connectivity index (χ1n) is 8.71. The molecule has 0 unspecified atom stereocenters. The van der Waals surface area contributed by atoms with Crippen molar-refractivity contribution in [2.75, 3.05) is 6.54 Å². The van der Waals surface area contributed by atoms with Crippen LogP contribution in [0.15, 0.2) is 0 Å². The Balaban J connectivity index is 2.35. The number of unbranched alkanes of at least 4 members (excludes halogenated alkanes) is 1. The highest BCUT2D eigenvalue weighted by atomic mass is 16.2. The second-order valence-electron chi connectivity index (χ2n) is 6.65. The van der Waals surface area contributed by atoms with Crippen molar-refractivity contribution in [2.24, 2.45) is 0 Å². The van der Waals surface area contributed by atoms with Gasteiger partial charge in [-0.1, -0.05) is 46.5 Å². The van der Waals surface area contributed by atoms with Gasteiger partial charge in [0.15, 0.2) is 0 Å². The van der Waals surface area contributed by atoms with E-state index in [0.29, 0.717) is 19.4 Å². The molecule has 0 radical (unpaired) electrons. The SMILES string of the molecule is CCCCN1C(=O)C2(CCCCC2)NC(=O)C1(CC)CC. The third kappa shape index (κ3) is 2.58. The zero-order valence-electron chi connectivity index (χ0n) is 13.8. The zero-order valence-corrected chi connectivity index (χ0v) is 13.8. The Labute approximate surface area is 128 Å². The van der Waals surface area contributed by atoms with Crippen LogP contribution in [0, 0.1) is 0 Å². The summed E-state index contributed by atoms with van der Waals surface area (Å²) in [4.78, 5) is 28.0. The van der Waals surface area contributed by atoms with Gasteiger partial charge in [-0.2, -0.15) is 0 Å². The summed E-state index contributed by atoms with van der Waals surface area (Å²) >= 11 is 0. The van der Waals surface area contributed by atoms with E-state index in [4.69, 9.17) is 0 Å². The lowest BCUT2D eigenvalue weighted by atomic mass is 9.74. The Morgan fingerprint density at radius 2 is 1.67 bits per heavy atom. The first kappa shape index (κ1) is 16.3. The molecule has 2 aliphatic rings. The molecule has 1 saturated heterocycles. The maximum atomic E-state index is 13.2. The molecule has 0 bridgehead atoms. The van der Waals surface area contributed by atoms with Gasteiger partial charge in [-0.05, 0) is 32.1 Å². The molecule has 1 N–H and O–H groups in total. The number of carbonyl (C=O) groups excluding carboxylic acids is 2. The van der Waals surface area contributed by atoms with Crippen LogP contribution in [0.25, 0.3) is 0 Å². The number of rotatable bonds is 5. The standard InChI is InChI=1S/C17H30N2O2/c1-4-7-13-19-15(21)16(11-9-8-10-12-16)18-14(20)17(19,5-2)6-3/h4-13H2,1-3H3,(H,18,20). The van der Waals surface area contributed by atoms with Gasteiger partial charge < -0.3 is 10.2 Å². The summed E-state index contributed by atoms with van der Waals surface area (Å²) in [7, 11) is 0. The molecule has 1 aliphatic heterocycles. The Bertz CT molecular complexity index is 396. The monoisotopic (exact) mass is 294 g/mol. The predicted octanol–water partition coefficient (Wildman–Crippen LogP) is 3.01. The first-order valence-corrected chi connectivity index (χ1v) is 8.71. The highest BCUT2D eigenvalue weighted by Gasteiger charge is 2.56. The van der Waals surface area contributed by atoms with Crippen LogP contribution >= 0.6 is 0 Å². The van der Waals surface area contributed by atoms with Crippen molar-refractivity contribution in [3.8, 4) is 0 Å². The molecule has 0 aromatic carbocycles. The maximum absolute atomic E-state index is 13.2. The Hall–Kier alpha value is -1.06. The number of piperazine rings is 1. The van der Waals surface area contributed by atoms with Crippen LogP contribution in [0.1, 0.15) is 78.6 Å². The van der Waals surface area contributed by atoms with Crippen molar-refractivity contribution in [1.82, 2.24) is 10.2 Å². The Kier molecular flexibility index (Phi) is 4.95. The average molecular weight is 294 g/mol. The maximum Gasteiger partial charge on any atom is 0.249 e. The molecule has 1 heterocycles. The van der Waals surface area contributed by atoms with Crippen LogP contribution in [0.5, 0.6) is 0 Å². The molecule has 1 spiro atoms. The summed E-state index contributed by atoms with van der Waals surface area (Å²) in [5.41, 5.74) is -1.23. The molecule has 1 aliphatic carbocycles. The minimum atomic E-state index is -0.630. The lowest BCUT2D eigenvalue weighted by Gasteiger charge is -2.53. The molecule has 0 atom stereocenters. The van der Waals surface area contributed by atoms with Crippen molar-refractivity contribution >= 4 is 11.8 Å². The number of amides is 2. The molecule has 2 fully saturated rings. The van der Waals surface area contributed by atoms with Crippen molar-refractivity contribution in [1.29, 1.82) is 0 Å². The smallest absolute Gasteiger partial charge is 0.249 e. The van der Waals surface area contributed by atoms with E-state index in [1.807, 2.05) is 18.7 Å². The zero-order chi connectivity index (χ0) is 15.5. The van der Waals surface area contributed by atoms with E-state index >= 15 is 0 Å². The summed E-state index contributed by atoms with van der Waals surface area (Å²) < 4.78 is 0. The van der Waals surface area contributed by atoms with Crippen LogP contribution in [-0.4, -0.2) is 34.3 Å². The highest BCUT2D eigenvalue weighted by molar-refractivity contribution is 6.02.